The molecule has 0 aromatic heterocycles. The lowest BCUT2D eigenvalue weighted by Crippen LogP contribution is -2.46. The summed E-state index contributed by atoms with van der Waals surface area (Å²) in [4.78, 5) is 35.9. The summed E-state index contributed by atoms with van der Waals surface area (Å²) >= 11 is 0. The second-order valence-electron chi connectivity index (χ2n) is 6.36. The molecule has 1 heterocycles. The van der Waals surface area contributed by atoms with Crippen LogP contribution in [0.1, 0.15) is 31.2 Å². The molecule has 1 saturated heterocycles. The van der Waals surface area contributed by atoms with Crippen molar-refractivity contribution in [3.05, 3.63) is 35.9 Å². The van der Waals surface area contributed by atoms with Crippen molar-refractivity contribution in [2.75, 3.05) is 20.2 Å². The van der Waals surface area contributed by atoms with Crippen molar-refractivity contribution in [2.45, 2.75) is 38.5 Å². The van der Waals surface area contributed by atoms with Crippen LogP contribution >= 0.6 is 0 Å². The molecule has 2 amide bonds. The van der Waals surface area contributed by atoms with Gasteiger partial charge in [-0.1, -0.05) is 30.3 Å². The molecule has 0 bridgehead atoms. The Labute approximate surface area is 159 Å². The van der Waals surface area contributed by atoms with Gasteiger partial charge in [-0.2, -0.15) is 0 Å². The highest BCUT2D eigenvalue weighted by Gasteiger charge is 2.29. The quantitative estimate of drug-likeness (QED) is 0.340. The van der Waals surface area contributed by atoms with Gasteiger partial charge >= 0.3 is 12.1 Å². The largest absolute Gasteiger partial charge is 0.468 e. The van der Waals surface area contributed by atoms with Crippen molar-refractivity contribution in [2.24, 2.45) is 5.92 Å². The van der Waals surface area contributed by atoms with Crippen LogP contribution in [0, 0.1) is 5.92 Å². The SMILES string of the molecule is COC(=O)[C@@H](CCCNC(=O)OCc1ccccc1)C(=O)N[C@@H]1CCCN1. The molecule has 1 aliphatic heterocycles. The molecule has 1 aliphatic rings. The zero-order chi connectivity index (χ0) is 19.5. The summed E-state index contributed by atoms with van der Waals surface area (Å²) in [5.74, 6) is -1.82. The van der Waals surface area contributed by atoms with E-state index in [2.05, 4.69) is 16.0 Å². The summed E-state index contributed by atoms with van der Waals surface area (Å²) in [6.07, 6.45) is 1.93. The van der Waals surface area contributed by atoms with Crippen molar-refractivity contribution >= 4 is 18.0 Å². The minimum Gasteiger partial charge on any atom is -0.468 e. The summed E-state index contributed by atoms with van der Waals surface area (Å²) in [6, 6.07) is 9.36. The molecule has 0 aliphatic carbocycles. The Balaban J connectivity index is 1.68. The molecule has 1 aromatic rings. The molecule has 2 rings (SSSR count). The Morgan fingerprint density at radius 1 is 1.26 bits per heavy atom. The Morgan fingerprint density at radius 3 is 2.70 bits per heavy atom. The van der Waals surface area contributed by atoms with Crippen LogP contribution in [0.4, 0.5) is 4.79 Å². The molecule has 1 fully saturated rings. The Kier molecular flexibility index (Phi) is 8.57. The Morgan fingerprint density at radius 2 is 2.04 bits per heavy atom. The Hall–Kier alpha value is -2.61. The van der Waals surface area contributed by atoms with Crippen molar-refractivity contribution in [3.63, 3.8) is 0 Å². The van der Waals surface area contributed by atoms with Crippen molar-refractivity contribution in [1.29, 1.82) is 0 Å². The summed E-state index contributed by atoms with van der Waals surface area (Å²) in [6.45, 7) is 1.34. The fourth-order valence-electron chi connectivity index (χ4n) is 2.85. The highest BCUT2D eigenvalue weighted by atomic mass is 16.5. The average molecular weight is 377 g/mol. The van der Waals surface area contributed by atoms with E-state index in [1.54, 1.807) is 0 Å². The van der Waals surface area contributed by atoms with E-state index in [1.807, 2.05) is 30.3 Å². The van der Waals surface area contributed by atoms with E-state index in [0.717, 1.165) is 24.9 Å². The van der Waals surface area contributed by atoms with Crippen LogP contribution in [0.2, 0.25) is 0 Å². The lowest BCUT2D eigenvalue weighted by molar-refractivity contribution is -0.150. The topological polar surface area (TPSA) is 106 Å². The molecule has 0 radical (unpaired) electrons. The van der Waals surface area contributed by atoms with Crippen LogP contribution in [0.3, 0.4) is 0 Å². The van der Waals surface area contributed by atoms with Gasteiger partial charge in [0.1, 0.15) is 12.5 Å². The number of alkyl carbamates (subject to hydrolysis) is 1. The zero-order valence-corrected chi connectivity index (χ0v) is 15.5. The molecular weight excluding hydrogens is 350 g/mol. The number of nitrogens with one attached hydrogen (secondary N) is 3. The Bertz CT molecular complexity index is 617. The van der Waals surface area contributed by atoms with Gasteiger partial charge in [-0.3, -0.25) is 14.9 Å². The van der Waals surface area contributed by atoms with Crippen LogP contribution in [-0.2, 0) is 25.7 Å². The third kappa shape index (κ3) is 7.26. The normalized spacial score (nSPS) is 17.0. The highest BCUT2D eigenvalue weighted by molar-refractivity contribution is 5.97. The van der Waals surface area contributed by atoms with Gasteiger partial charge in [0, 0.05) is 6.54 Å². The lowest BCUT2D eigenvalue weighted by atomic mass is 10.0. The van der Waals surface area contributed by atoms with E-state index in [0.29, 0.717) is 13.0 Å². The second-order valence-corrected chi connectivity index (χ2v) is 6.36. The highest BCUT2D eigenvalue weighted by Crippen LogP contribution is 2.11. The van der Waals surface area contributed by atoms with E-state index < -0.39 is 18.0 Å². The van der Waals surface area contributed by atoms with Crippen LogP contribution in [0.15, 0.2) is 30.3 Å². The number of hydrogen-bond donors (Lipinski definition) is 3. The lowest BCUT2D eigenvalue weighted by Gasteiger charge is -2.18. The van der Waals surface area contributed by atoms with Gasteiger partial charge in [-0.25, -0.2) is 4.79 Å². The molecule has 148 valence electrons. The average Bonchev–Trinajstić information content (AvgIpc) is 3.19. The van der Waals surface area contributed by atoms with Gasteiger partial charge in [-0.15, -0.1) is 0 Å². The maximum absolute atomic E-state index is 12.3. The number of rotatable bonds is 9. The minimum atomic E-state index is -0.889. The van der Waals surface area contributed by atoms with E-state index in [4.69, 9.17) is 9.47 Å². The first-order chi connectivity index (χ1) is 13.1. The van der Waals surface area contributed by atoms with E-state index >= 15 is 0 Å². The first-order valence-corrected chi connectivity index (χ1v) is 9.16. The van der Waals surface area contributed by atoms with Gasteiger partial charge in [-0.05, 0) is 37.8 Å². The number of carbonyl (C=O) groups is 3. The fraction of sp³-hybridized carbons (Fsp3) is 0.526. The van der Waals surface area contributed by atoms with Gasteiger partial charge in [0.25, 0.3) is 0 Å². The predicted octanol–water partition coefficient (Wildman–Crippen LogP) is 1.31. The number of esters is 1. The first kappa shape index (κ1) is 20.7. The monoisotopic (exact) mass is 377 g/mol. The van der Waals surface area contributed by atoms with Gasteiger partial charge in [0.05, 0.1) is 13.3 Å². The summed E-state index contributed by atoms with van der Waals surface area (Å²) in [5.41, 5.74) is 0.899. The van der Waals surface area contributed by atoms with Gasteiger partial charge in [0.2, 0.25) is 5.91 Å². The van der Waals surface area contributed by atoms with E-state index in [-0.39, 0.29) is 25.1 Å². The molecule has 8 heteroatoms. The number of benzene rings is 1. The maximum Gasteiger partial charge on any atom is 0.407 e. The van der Waals surface area contributed by atoms with Crippen LogP contribution in [0.5, 0.6) is 0 Å². The number of amides is 2. The van der Waals surface area contributed by atoms with Crippen molar-refractivity contribution < 1.29 is 23.9 Å². The molecule has 1 aromatic carbocycles. The third-order valence-electron chi connectivity index (χ3n) is 4.33. The molecule has 0 saturated carbocycles. The smallest absolute Gasteiger partial charge is 0.407 e. The molecule has 8 nitrogen and oxygen atoms in total. The maximum atomic E-state index is 12.3. The molecule has 3 N–H and O–H groups in total. The molecule has 27 heavy (non-hydrogen) atoms. The predicted molar refractivity (Wildman–Crippen MR) is 98.5 cm³/mol. The molecule has 2 atom stereocenters. The van der Waals surface area contributed by atoms with Crippen LogP contribution in [-0.4, -0.2) is 44.3 Å². The van der Waals surface area contributed by atoms with E-state index in [1.165, 1.54) is 7.11 Å². The second kappa shape index (κ2) is 11.2. The summed E-state index contributed by atoms with van der Waals surface area (Å²) < 4.78 is 9.84. The summed E-state index contributed by atoms with van der Waals surface area (Å²) in [7, 11) is 1.26. The standard InChI is InChI=1S/C19H27N3O5/c1-26-18(24)15(17(23)22-16-10-6-11-20-16)9-5-12-21-19(25)27-13-14-7-3-2-4-8-14/h2-4,7-8,15-16,20H,5-6,9-13H2,1H3,(H,21,25)(H,22,23)/t15-,16+/m0/s1. The van der Waals surface area contributed by atoms with E-state index in [9.17, 15) is 14.4 Å². The van der Waals surface area contributed by atoms with Gasteiger partial charge < -0.3 is 20.1 Å². The molecular formula is C19H27N3O5. The molecule has 0 spiro atoms. The fourth-order valence-corrected chi connectivity index (χ4v) is 2.85. The number of carbonyl (C=O) groups excluding carboxylic acids is 3. The first-order valence-electron chi connectivity index (χ1n) is 9.16. The third-order valence-corrected chi connectivity index (χ3v) is 4.33. The van der Waals surface area contributed by atoms with Crippen molar-refractivity contribution in [1.82, 2.24) is 16.0 Å². The number of hydrogen-bond acceptors (Lipinski definition) is 6. The zero-order valence-electron chi connectivity index (χ0n) is 15.5. The number of ether oxygens (including phenoxy) is 2. The molecule has 0 unspecified atom stereocenters. The van der Waals surface area contributed by atoms with Gasteiger partial charge in [0.15, 0.2) is 0 Å². The summed E-state index contributed by atoms with van der Waals surface area (Å²) in [5, 5.41) is 8.59. The minimum absolute atomic E-state index is 0.101. The van der Waals surface area contributed by atoms with Crippen LogP contribution in [0.25, 0.3) is 0 Å². The van der Waals surface area contributed by atoms with Crippen LogP contribution < -0.4 is 16.0 Å². The van der Waals surface area contributed by atoms with Crippen molar-refractivity contribution in [3.8, 4) is 0 Å². The number of methoxy groups -OCH3 is 1.